The lowest BCUT2D eigenvalue weighted by Gasteiger charge is -2.26. The summed E-state index contributed by atoms with van der Waals surface area (Å²) in [6.07, 6.45) is 8.13. The van der Waals surface area contributed by atoms with Crippen LogP contribution in [0, 0.1) is 17.2 Å². The number of halogens is 1. The van der Waals surface area contributed by atoms with Crippen LogP contribution in [0.5, 0.6) is 0 Å². The molecule has 0 bridgehead atoms. The molecule has 1 amide bonds. The fourth-order valence-corrected chi connectivity index (χ4v) is 2.54. The third-order valence-electron chi connectivity index (χ3n) is 3.38. The summed E-state index contributed by atoms with van der Waals surface area (Å²) in [6.45, 7) is 0. The normalized spacial score (nSPS) is 17.5. The second kappa shape index (κ2) is 6.48. The summed E-state index contributed by atoms with van der Waals surface area (Å²) in [5.74, 6) is -0.165. The first-order valence-corrected chi connectivity index (χ1v) is 6.76. The number of nitriles is 1. The molecule has 1 fully saturated rings. The highest BCUT2D eigenvalue weighted by Crippen LogP contribution is 2.26. The molecule has 2 rings (SSSR count). The molecule has 6 heteroatoms. The Labute approximate surface area is 117 Å². The van der Waals surface area contributed by atoms with Crippen LogP contribution in [0.25, 0.3) is 0 Å². The molecule has 1 N–H and O–H groups in total. The molecule has 100 valence electrons. The summed E-state index contributed by atoms with van der Waals surface area (Å²) >= 11 is 5.69. The zero-order chi connectivity index (χ0) is 13.7. The number of amides is 1. The van der Waals surface area contributed by atoms with Gasteiger partial charge in [0.25, 0.3) is 5.91 Å². The van der Waals surface area contributed by atoms with Crippen LogP contribution < -0.4 is 5.32 Å². The maximum Gasteiger partial charge on any atom is 0.272 e. The van der Waals surface area contributed by atoms with Crippen molar-refractivity contribution in [3.05, 3.63) is 23.2 Å². The van der Waals surface area contributed by atoms with E-state index in [4.69, 9.17) is 11.6 Å². The number of nitrogens with zero attached hydrogens (tertiary/aromatic N) is 3. The van der Waals surface area contributed by atoms with Gasteiger partial charge in [-0.2, -0.15) is 5.26 Å². The third kappa shape index (κ3) is 3.65. The van der Waals surface area contributed by atoms with Crippen molar-refractivity contribution in [2.24, 2.45) is 5.92 Å². The van der Waals surface area contributed by atoms with Crippen LogP contribution in [0.3, 0.4) is 0 Å². The first-order chi connectivity index (χ1) is 9.20. The Bertz CT molecular complexity index is 494. The molecule has 1 heterocycles. The fourth-order valence-electron chi connectivity index (χ4n) is 2.39. The first-order valence-electron chi connectivity index (χ1n) is 6.38. The molecule has 1 saturated carbocycles. The Morgan fingerprint density at radius 3 is 2.79 bits per heavy atom. The van der Waals surface area contributed by atoms with Crippen molar-refractivity contribution >= 4 is 17.5 Å². The molecular weight excluding hydrogens is 264 g/mol. The topological polar surface area (TPSA) is 78.7 Å². The van der Waals surface area contributed by atoms with Crippen molar-refractivity contribution in [1.29, 1.82) is 5.26 Å². The Morgan fingerprint density at radius 1 is 1.42 bits per heavy atom. The van der Waals surface area contributed by atoms with Gasteiger partial charge in [-0.1, -0.05) is 30.9 Å². The standard InChI is InChI=1S/C13H15ClN4O/c14-12-8-16-7-11(17-12)13(19)18-10(6-15)9-4-2-1-3-5-9/h7-10H,1-5H2,(H,18,19). The van der Waals surface area contributed by atoms with Gasteiger partial charge in [0, 0.05) is 0 Å². The van der Waals surface area contributed by atoms with Crippen LogP contribution in [-0.4, -0.2) is 21.9 Å². The van der Waals surface area contributed by atoms with E-state index in [9.17, 15) is 10.1 Å². The highest BCUT2D eigenvalue weighted by molar-refractivity contribution is 6.29. The fraction of sp³-hybridized carbons (Fsp3) is 0.538. The van der Waals surface area contributed by atoms with Crippen molar-refractivity contribution in [2.45, 2.75) is 38.1 Å². The van der Waals surface area contributed by atoms with Crippen molar-refractivity contribution < 1.29 is 4.79 Å². The average molecular weight is 279 g/mol. The SMILES string of the molecule is N#CC(NC(=O)c1cncc(Cl)n1)C1CCCCC1. The van der Waals surface area contributed by atoms with Crippen LogP contribution in [0.15, 0.2) is 12.4 Å². The quantitative estimate of drug-likeness (QED) is 0.920. The Morgan fingerprint density at radius 2 is 2.16 bits per heavy atom. The van der Waals surface area contributed by atoms with Crippen LogP contribution in [-0.2, 0) is 0 Å². The monoisotopic (exact) mass is 278 g/mol. The maximum absolute atomic E-state index is 12.0. The Balaban J connectivity index is 2.02. The molecule has 19 heavy (non-hydrogen) atoms. The molecular formula is C13H15ClN4O. The number of hydrogen-bond donors (Lipinski definition) is 1. The average Bonchev–Trinajstić information content (AvgIpc) is 2.45. The van der Waals surface area contributed by atoms with Gasteiger partial charge in [0.2, 0.25) is 0 Å². The molecule has 0 aromatic carbocycles. The molecule has 5 nitrogen and oxygen atoms in total. The van der Waals surface area contributed by atoms with Gasteiger partial charge in [0.15, 0.2) is 0 Å². The summed E-state index contributed by atoms with van der Waals surface area (Å²) in [6, 6.07) is 1.71. The number of carbonyl (C=O) groups is 1. The second-order valence-corrected chi connectivity index (χ2v) is 5.09. The van der Waals surface area contributed by atoms with E-state index in [-0.39, 0.29) is 16.8 Å². The maximum atomic E-state index is 12.0. The van der Waals surface area contributed by atoms with E-state index in [0.717, 1.165) is 25.7 Å². The molecule has 0 spiro atoms. The summed E-state index contributed by atoms with van der Waals surface area (Å²) in [4.78, 5) is 19.7. The van der Waals surface area contributed by atoms with Crippen molar-refractivity contribution in [3.63, 3.8) is 0 Å². The number of carbonyl (C=O) groups excluding carboxylic acids is 1. The molecule has 0 saturated heterocycles. The van der Waals surface area contributed by atoms with Crippen molar-refractivity contribution in [1.82, 2.24) is 15.3 Å². The minimum absolute atomic E-state index is 0.142. The zero-order valence-corrected chi connectivity index (χ0v) is 11.2. The van der Waals surface area contributed by atoms with E-state index in [1.54, 1.807) is 0 Å². The van der Waals surface area contributed by atoms with E-state index in [1.165, 1.54) is 18.8 Å². The van der Waals surface area contributed by atoms with Gasteiger partial charge in [0.1, 0.15) is 16.9 Å². The van der Waals surface area contributed by atoms with Gasteiger partial charge in [0.05, 0.1) is 18.5 Å². The summed E-state index contributed by atoms with van der Waals surface area (Å²) < 4.78 is 0. The molecule has 1 unspecified atom stereocenters. The van der Waals surface area contributed by atoms with Gasteiger partial charge in [-0.05, 0) is 18.8 Å². The van der Waals surface area contributed by atoms with Gasteiger partial charge in [-0.3, -0.25) is 9.78 Å². The number of hydrogen-bond acceptors (Lipinski definition) is 4. The summed E-state index contributed by atoms with van der Waals surface area (Å²) in [5.41, 5.74) is 0.142. The van der Waals surface area contributed by atoms with Gasteiger partial charge >= 0.3 is 0 Å². The smallest absolute Gasteiger partial charge is 0.272 e. The van der Waals surface area contributed by atoms with E-state index in [1.807, 2.05) is 0 Å². The highest BCUT2D eigenvalue weighted by atomic mass is 35.5. The van der Waals surface area contributed by atoms with Gasteiger partial charge in [-0.25, -0.2) is 4.98 Å². The lowest BCUT2D eigenvalue weighted by atomic mass is 9.84. The molecule has 0 aliphatic heterocycles. The van der Waals surface area contributed by atoms with Crippen molar-refractivity contribution in [2.75, 3.05) is 0 Å². The Kier molecular flexibility index (Phi) is 4.69. The first kappa shape index (κ1) is 13.8. The van der Waals surface area contributed by atoms with E-state index >= 15 is 0 Å². The molecule has 1 aromatic heterocycles. The van der Waals surface area contributed by atoms with Crippen LogP contribution in [0.1, 0.15) is 42.6 Å². The molecule has 0 radical (unpaired) electrons. The highest BCUT2D eigenvalue weighted by Gasteiger charge is 2.25. The van der Waals surface area contributed by atoms with Gasteiger partial charge < -0.3 is 5.32 Å². The van der Waals surface area contributed by atoms with E-state index in [0.29, 0.717) is 0 Å². The predicted octanol–water partition coefficient (Wildman–Crippen LogP) is 2.33. The minimum atomic E-state index is -0.464. The number of rotatable bonds is 3. The largest absolute Gasteiger partial charge is 0.335 e. The van der Waals surface area contributed by atoms with E-state index in [2.05, 4.69) is 21.4 Å². The minimum Gasteiger partial charge on any atom is -0.335 e. The summed E-state index contributed by atoms with van der Waals surface area (Å²) in [5, 5.41) is 12.1. The van der Waals surface area contributed by atoms with Crippen LogP contribution in [0.2, 0.25) is 5.15 Å². The van der Waals surface area contributed by atoms with Crippen LogP contribution in [0.4, 0.5) is 0 Å². The van der Waals surface area contributed by atoms with E-state index < -0.39 is 11.9 Å². The lowest BCUT2D eigenvalue weighted by molar-refractivity contribution is 0.0923. The predicted molar refractivity (Wildman–Crippen MR) is 70.5 cm³/mol. The van der Waals surface area contributed by atoms with Gasteiger partial charge in [-0.15, -0.1) is 0 Å². The second-order valence-electron chi connectivity index (χ2n) is 4.71. The number of nitrogens with one attached hydrogen (secondary N) is 1. The third-order valence-corrected chi connectivity index (χ3v) is 3.57. The molecule has 1 aliphatic rings. The Hall–Kier alpha value is -1.67. The summed E-state index contributed by atoms with van der Waals surface area (Å²) in [7, 11) is 0. The molecule has 1 aliphatic carbocycles. The van der Waals surface area contributed by atoms with Crippen LogP contribution >= 0.6 is 11.6 Å². The molecule has 1 aromatic rings. The zero-order valence-electron chi connectivity index (χ0n) is 10.5. The lowest BCUT2D eigenvalue weighted by Crippen LogP contribution is -2.40. The van der Waals surface area contributed by atoms with Crippen molar-refractivity contribution in [3.8, 4) is 6.07 Å². The molecule has 1 atom stereocenters. The number of aromatic nitrogens is 2.